The Morgan fingerprint density at radius 3 is 2.70 bits per heavy atom. The number of thioether (sulfide) groups is 1. The summed E-state index contributed by atoms with van der Waals surface area (Å²) in [5.74, 6) is -0.294. The van der Waals surface area contributed by atoms with Gasteiger partial charge in [-0.3, -0.25) is 14.7 Å². The molecule has 0 saturated carbocycles. The van der Waals surface area contributed by atoms with Crippen molar-refractivity contribution in [3.8, 4) is 0 Å². The molecule has 1 amide bonds. The van der Waals surface area contributed by atoms with Gasteiger partial charge in [-0.05, 0) is 24.0 Å². The Bertz CT molecular complexity index is 658. The van der Waals surface area contributed by atoms with Crippen molar-refractivity contribution in [1.29, 1.82) is 0 Å². The van der Waals surface area contributed by atoms with Crippen molar-refractivity contribution < 1.29 is 4.79 Å². The SMILES string of the molecule is CSc1ccc(/C=N\NC(=O)Cc2cc(=O)[nH][nH]2)cc1. The summed E-state index contributed by atoms with van der Waals surface area (Å²) in [4.78, 5) is 23.6. The normalized spacial score (nSPS) is 10.8. The zero-order valence-corrected chi connectivity index (χ0v) is 11.7. The van der Waals surface area contributed by atoms with Crippen LogP contribution in [0.3, 0.4) is 0 Å². The summed E-state index contributed by atoms with van der Waals surface area (Å²) in [6.07, 6.45) is 3.65. The first-order valence-corrected chi connectivity index (χ1v) is 7.12. The second kappa shape index (κ2) is 6.76. The van der Waals surface area contributed by atoms with E-state index in [0.717, 1.165) is 5.56 Å². The third-order valence-electron chi connectivity index (χ3n) is 2.52. The Hall–Kier alpha value is -2.28. The Labute approximate surface area is 119 Å². The Kier molecular flexibility index (Phi) is 4.78. The highest BCUT2D eigenvalue weighted by Crippen LogP contribution is 2.13. The van der Waals surface area contributed by atoms with Gasteiger partial charge in [0.25, 0.3) is 5.56 Å². The Morgan fingerprint density at radius 1 is 1.35 bits per heavy atom. The monoisotopic (exact) mass is 290 g/mol. The zero-order chi connectivity index (χ0) is 14.4. The molecule has 0 aliphatic carbocycles. The summed E-state index contributed by atoms with van der Waals surface area (Å²) in [7, 11) is 0. The molecule has 0 saturated heterocycles. The zero-order valence-electron chi connectivity index (χ0n) is 10.8. The molecule has 0 bridgehead atoms. The lowest BCUT2D eigenvalue weighted by atomic mass is 10.2. The van der Waals surface area contributed by atoms with E-state index >= 15 is 0 Å². The number of hydrazone groups is 1. The van der Waals surface area contributed by atoms with E-state index in [-0.39, 0.29) is 17.9 Å². The molecule has 20 heavy (non-hydrogen) atoms. The fourth-order valence-corrected chi connectivity index (χ4v) is 1.96. The maximum Gasteiger partial charge on any atom is 0.264 e. The number of nitrogens with zero attached hydrogens (tertiary/aromatic N) is 1. The second-order valence-electron chi connectivity index (χ2n) is 4.03. The van der Waals surface area contributed by atoms with Crippen LogP contribution in [0.2, 0.25) is 0 Å². The van der Waals surface area contributed by atoms with Crippen LogP contribution in [0.4, 0.5) is 0 Å². The van der Waals surface area contributed by atoms with Gasteiger partial charge in [0.2, 0.25) is 5.91 Å². The molecule has 2 rings (SSSR count). The van der Waals surface area contributed by atoms with Crippen LogP contribution in [-0.4, -0.2) is 28.6 Å². The fraction of sp³-hybridized carbons (Fsp3) is 0.154. The number of amides is 1. The molecule has 1 heterocycles. The number of H-pyrrole nitrogens is 2. The molecule has 3 N–H and O–H groups in total. The standard InChI is InChI=1S/C13H14N4O2S/c1-20-11-4-2-9(3-5-11)8-14-16-12(18)6-10-7-13(19)17-15-10/h2-5,7-8H,6H2,1H3,(H,16,18)(H2,15,17,19)/b14-8-. The summed E-state index contributed by atoms with van der Waals surface area (Å²) >= 11 is 1.66. The predicted molar refractivity (Wildman–Crippen MR) is 79.1 cm³/mol. The van der Waals surface area contributed by atoms with Crippen LogP contribution in [-0.2, 0) is 11.2 Å². The first-order chi connectivity index (χ1) is 9.67. The van der Waals surface area contributed by atoms with Gasteiger partial charge in [0.1, 0.15) is 0 Å². The molecular formula is C13H14N4O2S. The second-order valence-corrected chi connectivity index (χ2v) is 4.91. The topological polar surface area (TPSA) is 90.1 Å². The number of carbonyl (C=O) groups is 1. The molecule has 6 nitrogen and oxygen atoms in total. The minimum absolute atomic E-state index is 0.0709. The van der Waals surface area contributed by atoms with Gasteiger partial charge in [-0.15, -0.1) is 11.8 Å². The highest BCUT2D eigenvalue weighted by atomic mass is 32.2. The molecule has 0 unspecified atom stereocenters. The van der Waals surface area contributed by atoms with Gasteiger partial charge >= 0.3 is 0 Å². The van der Waals surface area contributed by atoms with Crippen molar-refractivity contribution in [2.24, 2.45) is 5.10 Å². The predicted octanol–water partition coefficient (Wildman–Crippen LogP) is 1.12. The molecule has 0 aliphatic rings. The van der Waals surface area contributed by atoms with Gasteiger partial charge in [0, 0.05) is 16.7 Å². The molecule has 1 aromatic carbocycles. The number of hydrogen-bond donors (Lipinski definition) is 3. The van der Waals surface area contributed by atoms with Crippen molar-refractivity contribution in [2.75, 3.05) is 6.26 Å². The van der Waals surface area contributed by atoms with E-state index in [1.165, 1.54) is 11.0 Å². The van der Waals surface area contributed by atoms with Crippen molar-refractivity contribution in [3.63, 3.8) is 0 Å². The number of benzene rings is 1. The van der Waals surface area contributed by atoms with Gasteiger partial charge in [-0.1, -0.05) is 12.1 Å². The van der Waals surface area contributed by atoms with Crippen molar-refractivity contribution in [3.05, 3.63) is 51.9 Å². The smallest absolute Gasteiger partial charge is 0.264 e. The quantitative estimate of drug-likeness (QED) is 0.438. The summed E-state index contributed by atoms with van der Waals surface area (Å²) < 4.78 is 0. The first-order valence-electron chi connectivity index (χ1n) is 5.90. The van der Waals surface area contributed by atoms with Crippen molar-refractivity contribution in [1.82, 2.24) is 15.6 Å². The first kappa shape index (κ1) is 14.1. The highest BCUT2D eigenvalue weighted by molar-refractivity contribution is 7.98. The van der Waals surface area contributed by atoms with E-state index in [9.17, 15) is 9.59 Å². The maximum atomic E-state index is 11.5. The highest BCUT2D eigenvalue weighted by Gasteiger charge is 2.03. The maximum absolute atomic E-state index is 11.5. The molecule has 7 heteroatoms. The van der Waals surface area contributed by atoms with E-state index in [1.54, 1.807) is 18.0 Å². The van der Waals surface area contributed by atoms with E-state index in [0.29, 0.717) is 5.69 Å². The minimum Gasteiger partial charge on any atom is -0.302 e. The van der Waals surface area contributed by atoms with Crippen LogP contribution in [0, 0.1) is 0 Å². The van der Waals surface area contributed by atoms with E-state index in [1.807, 2.05) is 30.5 Å². The molecular weight excluding hydrogens is 276 g/mol. The average Bonchev–Trinajstić information content (AvgIpc) is 2.85. The minimum atomic E-state index is -0.294. The van der Waals surface area contributed by atoms with Crippen LogP contribution in [0.15, 0.2) is 45.1 Å². The summed E-state index contributed by atoms with van der Waals surface area (Å²) in [5.41, 5.74) is 3.57. The summed E-state index contributed by atoms with van der Waals surface area (Å²) in [6.45, 7) is 0. The molecule has 2 aromatic rings. The van der Waals surface area contributed by atoms with Crippen LogP contribution < -0.4 is 11.0 Å². The van der Waals surface area contributed by atoms with Gasteiger partial charge in [0.15, 0.2) is 0 Å². The number of aromatic nitrogens is 2. The molecule has 0 atom stereocenters. The average molecular weight is 290 g/mol. The number of hydrogen-bond acceptors (Lipinski definition) is 4. The summed E-state index contributed by atoms with van der Waals surface area (Å²) in [5, 5.41) is 8.84. The fourth-order valence-electron chi connectivity index (χ4n) is 1.55. The lowest BCUT2D eigenvalue weighted by molar-refractivity contribution is -0.120. The largest absolute Gasteiger partial charge is 0.302 e. The molecule has 0 radical (unpaired) electrons. The van der Waals surface area contributed by atoms with Crippen LogP contribution in [0.25, 0.3) is 0 Å². The van der Waals surface area contributed by atoms with Crippen LogP contribution in [0.1, 0.15) is 11.3 Å². The number of aromatic amines is 2. The Balaban J connectivity index is 1.85. The number of nitrogens with one attached hydrogen (secondary N) is 3. The lowest BCUT2D eigenvalue weighted by Crippen LogP contribution is -2.20. The Morgan fingerprint density at radius 2 is 2.10 bits per heavy atom. The van der Waals surface area contributed by atoms with Gasteiger partial charge in [-0.2, -0.15) is 5.10 Å². The van der Waals surface area contributed by atoms with Gasteiger partial charge in [-0.25, -0.2) is 5.43 Å². The molecule has 104 valence electrons. The third-order valence-corrected chi connectivity index (χ3v) is 3.26. The molecule has 1 aromatic heterocycles. The van der Waals surface area contributed by atoms with Gasteiger partial charge < -0.3 is 5.10 Å². The molecule has 0 fully saturated rings. The third kappa shape index (κ3) is 4.13. The molecule has 0 aliphatic heterocycles. The van der Waals surface area contributed by atoms with E-state index < -0.39 is 0 Å². The van der Waals surface area contributed by atoms with E-state index in [4.69, 9.17) is 0 Å². The van der Waals surface area contributed by atoms with E-state index in [2.05, 4.69) is 20.7 Å². The van der Waals surface area contributed by atoms with Crippen LogP contribution >= 0.6 is 11.8 Å². The van der Waals surface area contributed by atoms with Crippen LogP contribution in [0.5, 0.6) is 0 Å². The van der Waals surface area contributed by atoms with Crippen molar-refractivity contribution in [2.45, 2.75) is 11.3 Å². The number of rotatable bonds is 5. The molecule has 0 spiro atoms. The lowest BCUT2D eigenvalue weighted by Gasteiger charge is -1.98. The summed E-state index contributed by atoms with van der Waals surface area (Å²) in [6, 6.07) is 9.15. The number of carbonyl (C=O) groups excluding carboxylic acids is 1. The van der Waals surface area contributed by atoms with Crippen molar-refractivity contribution >= 4 is 23.9 Å². The van der Waals surface area contributed by atoms with Gasteiger partial charge in [0.05, 0.1) is 12.6 Å².